The minimum absolute atomic E-state index is 0.0209. The molecular formula is C9H9NOS. The number of ether oxygens (including phenoxy) is 1. The van der Waals surface area contributed by atoms with E-state index in [4.69, 9.17) is 17.0 Å². The standard InChI is InChI=1S/C9H9NOS/c1-6-10-8-5-3-2-4-7(8)9(12)11-6/h2-6,10H,1H3. The molecule has 1 unspecified atom stereocenters. The van der Waals surface area contributed by atoms with E-state index in [0.717, 1.165) is 11.3 Å². The summed E-state index contributed by atoms with van der Waals surface area (Å²) in [7, 11) is 0. The predicted molar refractivity (Wildman–Crippen MR) is 52.3 cm³/mol. The molecule has 1 aliphatic rings. The molecule has 0 bridgehead atoms. The Morgan fingerprint density at radius 1 is 1.42 bits per heavy atom. The lowest BCUT2D eigenvalue weighted by molar-refractivity contribution is 0.239. The van der Waals surface area contributed by atoms with Gasteiger partial charge in [-0.15, -0.1) is 0 Å². The van der Waals surface area contributed by atoms with Crippen molar-refractivity contribution in [1.29, 1.82) is 0 Å². The molecule has 1 N–H and O–H groups in total. The maximum atomic E-state index is 5.33. The largest absolute Gasteiger partial charge is 0.460 e. The van der Waals surface area contributed by atoms with E-state index in [9.17, 15) is 0 Å². The first-order valence-corrected chi connectivity index (χ1v) is 4.25. The first kappa shape index (κ1) is 7.55. The molecule has 0 amide bonds. The molecule has 2 nitrogen and oxygen atoms in total. The van der Waals surface area contributed by atoms with Crippen LogP contribution in [0.5, 0.6) is 0 Å². The summed E-state index contributed by atoms with van der Waals surface area (Å²) in [5, 5.41) is 3.76. The zero-order chi connectivity index (χ0) is 8.55. The Bertz CT molecular complexity index is 324. The van der Waals surface area contributed by atoms with Crippen LogP contribution in [-0.4, -0.2) is 11.3 Å². The monoisotopic (exact) mass is 179 g/mol. The third-order valence-corrected chi connectivity index (χ3v) is 2.11. The van der Waals surface area contributed by atoms with E-state index >= 15 is 0 Å². The summed E-state index contributed by atoms with van der Waals surface area (Å²) in [6.45, 7) is 1.93. The maximum Gasteiger partial charge on any atom is 0.195 e. The molecule has 0 saturated carbocycles. The highest BCUT2D eigenvalue weighted by Crippen LogP contribution is 2.22. The molecule has 12 heavy (non-hydrogen) atoms. The van der Waals surface area contributed by atoms with Gasteiger partial charge in [0.1, 0.15) is 0 Å². The average Bonchev–Trinajstić information content (AvgIpc) is 2.04. The molecule has 0 aromatic heterocycles. The van der Waals surface area contributed by atoms with Gasteiger partial charge in [-0.1, -0.05) is 12.1 Å². The summed E-state index contributed by atoms with van der Waals surface area (Å²) in [5.74, 6) is 0. The van der Waals surface area contributed by atoms with Crippen LogP contribution < -0.4 is 5.32 Å². The van der Waals surface area contributed by atoms with Crippen LogP contribution >= 0.6 is 12.2 Å². The number of nitrogens with one attached hydrogen (secondary N) is 1. The van der Waals surface area contributed by atoms with Crippen LogP contribution in [0.2, 0.25) is 0 Å². The molecule has 3 heteroatoms. The van der Waals surface area contributed by atoms with Crippen molar-refractivity contribution in [3.8, 4) is 0 Å². The van der Waals surface area contributed by atoms with E-state index in [2.05, 4.69) is 5.32 Å². The highest BCUT2D eigenvalue weighted by atomic mass is 32.1. The molecular weight excluding hydrogens is 170 g/mol. The molecule has 1 aliphatic heterocycles. The molecule has 0 fully saturated rings. The van der Waals surface area contributed by atoms with E-state index in [-0.39, 0.29) is 6.23 Å². The third kappa shape index (κ3) is 1.16. The molecule has 1 atom stereocenters. The third-order valence-electron chi connectivity index (χ3n) is 1.79. The summed E-state index contributed by atoms with van der Waals surface area (Å²) >= 11 is 5.08. The Hall–Kier alpha value is -1.09. The number of hydrogen-bond acceptors (Lipinski definition) is 3. The van der Waals surface area contributed by atoms with Gasteiger partial charge in [0.25, 0.3) is 0 Å². The zero-order valence-electron chi connectivity index (χ0n) is 6.70. The second-order valence-electron chi connectivity index (χ2n) is 2.74. The second-order valence-corrected chi connectivity index (χ2v) is 3.11. The molecule has 2 rings (SSSR count). The highest BCUT2D eigenvalue weighted by Gasteiger charge is 2.17. The number of anilines is 1. The summed E-state index contributed by atoms with van der Waals surface area (Å²) in [5.41, 5.74) is 2.03. The van der Waals surface area contributed by atoms with Gasteiger partial charge in [0.2, 0.25) is 0 Å². The Kier molecular flexibility index (Phi) is 1.73. The number of thiocarbonyl (C=S) groups is 1. The molecule has 1 aromatic carbocycles. The van der Waals surface area contributed by atoms with Crippen molar-refractivity contribution in [3.05, 3.63) is 29.8 Å². The predicted octanol–water partition coefficient (Wildman–Crippen LogP) is 2.15. The number of fused-ring (bicyclic) bond motifs is 1. The van der Waals surface area contributed by atoms with Crippen molar-refractivity contribution in [2.75, 3.05) is 5.32 Å². The Morgan fingerprint density at radius 2 is 2.17 bits per heavy atom. The van der Waals surface area contributed by atoms with Gasteiger partial charge in [-0.3, -0.25) is 0 Å². The van der Waals surface area contributed by atoms with Crippen LogP contribution in [0, 0.1) is 0 Å². The topological polar surface area (TPSA) is 21.3 Å². The summed E-state index contributed by atoms with van der Waals surface area (Å²) < 4.78 is 5.33. The smallest absolute Gasteiger partial charge is 0.195 e. The lowest BCUT2D eigenvalue weighted by Crippen LogP contribution is -2.28. The fraction of sp³-hybridized carbons (Fsp3) is 0.222. The molecule has 62 valence electrons. The number of hydrogen-bond donors (Lipinski definition) is 1. The first-order chi connectivity index (χ1) is 5.77. The van der Waals surface area contributed by atoms with E-state index in [1.807, 2.05) is 31.2 Å². The van der Waals surface area contributed by atoms with Gasteiger partial charge in [0, 0.05) is 5.69 Å². The minimum atomic E-state index is -0.0209. The summed E-state index contributed by atoms with van der Waals surface area (Å²) in [6.07, 6.45) is -0.0209. The van der Waals surface area contributed by atoms with Crippen LogP contribution in [0.25, 0.3) is 0 Å². The van der Waals surface area contributed by atoms with Crippen LogP contribution in [0.3, 0.4) is 0 Å². The van der Waals surface area contributed by atoms with Gasteiger partial charge in [0.05, 0.1) is 5.56 Å². The van der Waals surface area contributed by atoms with E-state index in [1.165, 1.54) is 0 Å². The Morgan fingerprint density at radius 3 is 3.00 bits per heavy atom. The summed E-state index contributed by atoms with van der Waals surface area (Å²) in [4.78, 5) is 0. The van der Waals surface area contributed by atoms with Gasteiger partial charge in [-0.05, 0) is 31.3 Å². The molecule has 0 aliphatic carbocycles. The first-order valence-electron chi connectivity index (χ1n) is 3.84. The Balaban J connectivity index is 2.47. The van der Waals surface area contributed by atoms with E-state index < -0.39 is 0 Å². The molecule has 0 radical (unpaired) electrons. The molecule has 0 spiro atoms. The minimum Gasteiger partial charge on any atom is -0.460 e. The average molecular weight is 179 g/mol. The van der Waals surface area contributed by atoms with Crippen LogP contribution in [0.1, 0.15) is 12.5 Å². The van der Waals surface area contributed by atoms with E-state index in [1.54, 1.807) is 0 Å². The molecule has 1 aromatic rings. The second kappa shape index (κ2) is 2.75. The number of para-hydroxylation sites is 1. The van der Waals surface area contributed by atoms with Gasteiger partial charge in [-0.25, -0.2) is 0 Å². The van der Waals surface area contributed by atoms with Crippen LogP contribution in [0.15, 0.2) is 24.3 Å². The molecule has 0 saturated heterocycles. The zero-order valence-corrected chi connectivity index (χ0v) is 7.52. The lowest BCUT2D eigenvalue weighted by Gasteiger charge is -2.25. The van der Waals surface area contributed by atoms with Crippen molar-refractivity contribution < 1.29 is 4.74 Å². The fourth-order valence-corrected chi connectivity index (χ4v) is 1.58. The fourth-order valence-electron chi connectivity index (χ4n) is 1.26. The Labute approximate surface area is 76.5 Å². The van der Waals surface area contributed by atoms with Crippen molar-refractivity contribution >= 4 is 23.0 Å². The normalized spacial score (nSPS) is 20.8. The quantitative estimate of drug-likeness (QED) is 0.616. The maximum absolute atomic E-state index is 5.33. The van der Waals surface area contributed by atoms with Crippen molar-refractivity contribution in [2.24, 2.45) is 0 Å². The van der Waals surface area contributed by atoms with Crippen LogP contribution in [-0.2, 0) is 4.74 Å². The van der Waals surface area contributed by atoms with Crippen molar-refractivity contribution in [3.63, 3.8) is 0 Å². The summed E-state index contributed by atoms with van der Waals surface area (Å²) in [6, 6.07) is 7.88. The van der Waals surface area contributed by atoms with Crippen molar-refractivity contribution in [2.45, 2.75) is 13.2 Å². The number of benzene rings is 1. The van der Waals surface area contributed by atoms with Gasteiger partial charge in [-0.2, -0.15) is 0 Å². The lowest BCUT2D eigenvalue weighted by atomic mass is 10.1. The van der Waals surface area contributed by atoms with Gasteiger partial charge in [0.15, 0.2) is 11.3 Å². The van der Waals surface area contributed by atoms with Gasteiger partial charge >= 0.3 is 0 Å². The van der Waals surface area contributed by atoms with Gasteiger partial charge < -0.3 is 10.1 Å². The number of rotatable bonds is 0. The highest BCUT2D eigenvalue weighted by molar-refractivity contribution is 7.80. The SMILES string of the molecule is CC1Nc2ccccc2C(=S)O1. The molecule has 1 heterocycles. The van der Waals surface area contributed by atoms with Crippen LogP contribution in [0.4, 0.5) is 5.69 Å². The van der Waals surface area contributed by atoms with Crippen molar-refractivity contribution in [1.82, 2.24) is 0 Å². The van der Waals surface area contributed by atoms with E-state index in [0.29, 0.717) is 5.05 Å².